The number of ketones is 2. The van der Waals surface area contributed by atoms with Crippen molar-refractivity contribution in [2.45, 2.75) is 20.8 Å². The van der Waals surface area contributed by atoms with Gasteiger partial charge < -0.3 is 4.79 Å². The van der Waals surface area contributed by atoms with Gasteiger partial charge in [0, 0.05) is 13.1 Å². The zero-order valence-corrected chi connectivity index (χ0v) is 8.07. The van der Waals surface area contributed by atoms with Crippen molar-refractivity contribution in [3.8, 4) is 0 Å². The Morgan fingerprint density at radius 2 is 1.69 bits per heavy atom. The van der Waals surface area contributed by atoms with E-state index in [0.717, 1.165) is 0 Å². The number of carbonyl (C=O) groups excluding carboxylic acids is 2. The highest BCUT2D eigenvalue weighted by Crippen LogP contribution is 1.92. The number of carbonyl (C=O) groups is 2. The minimum absolute atomic E-state index is 0.00981. The van der Waals surface area contributed by atoms with Gasteiger partial charge in [-0.25, -0.2) is 0 Å². The first kappa shape index (κ1) is 11.5. The third-order valence-corrected chi connectivity index (χ3v) is 1.03. The SMILES string of the molecule is CC(=O)c1ccccn1.CC(C)=O. The standard InChI is InChI=1S/C7H7NO.C3H6O/c1-6(9)7-4-2-3-5-8-7;1-3(2)4/h2-5H,1H3;1-2H3. The quantitative estimate of drug-likeness (QED) is 0.618. The molecule has 0 saturated heterocycles. The maximum Gasteiger partial charge on any atom is 0.178 e. The van der Waals surface area contributed by atoms with E-state index in [9.17, 15) is 9.59 Å². The zero-order valence-electron chi connectivity index (χ0n) is 8.07. The lowest BCUT2D eigenvalue weighted by Crippen LogP contribution is -1.93. The van der Waals surface area contributed by atoms with E-state index in [-0.39, 0.29) is 11.6 Å². The average molecular weight is 179 g/mol. The number of aromatic nitrogens is 1. The summed E-state index contributed by atoms with van der Waals surface area (Å²) in [5, 5.41) is 0. The van der Waals surface area contributed by atoms with Crippen LogP contribution in [0.2, 0.25) is 0 Å². The molecule has 1 heterocycles. The van der Waals surface area contributed by atoms with Crippen LogP contribution in [0.3, 0.4) is 0 Å². The monoisotopic (exact) mass is 179 g/mol. The molecule has 3 nitrogen and oxygen atoms in total. The molecule has 1 rings (SSSR count). The fourth-order valence-electron chi connectivity index (χ4n) is 0.571. The Balaban J connectivity index is 0.000000310. The van der Waals surface area contributed by atoms with Gasteiger partial charge in [-0.1, -0.05) is 6.07 Å². The summed E-state index contributed by atoms with van der Waals surface area (Å²) in [4.78, 5) is 23.9. The van der Waals surface area contributed by atoms with E-state index in [1.165, 1.54) is 20.8 Å². The summed E-state index contributed by atoms with van der Waals surface area (Å²) < 4.78 is 0. The maximum atomic E-state index is 10.6. The summed E-state index contributed by atoms with van der Waals surface area (Å²) in [5.74, 6) is 0.176. The first-order valence-electron chi connectivity index (χ1n) is 3.93. The molecule has 0 bridgehead atoms. The fourth-order valence-corrected chi connectivity index (χ4v) is 0.571. The van der Waals surface area contributed by atoms with Gasteiger partial charge in [0.15, 0.2) is 5.78 Å². The number of rotatable bonds is 1. The number of hydrogen-bond acceptors (Lipinski definition) is 3. The third kappa shape index (κ3) is 6.87. The van der Waals surface area contributed by atoms with Crippen molar-refractivity contribution < 1.29 is 9.59 Å². The van der Waals surface area contributed by atoms with E-state index >= 15 is 0 Å². The summed E-state index contributed by atoms with van der Waals surface area (Å²) in [6.45, 7) is 4.56. The molecule has 0 atom stereocenters. The van der Waals surface area contributed by atoms with E-state index in [1.54, 1.807) is 24.4 Å². The average Bonchev–Trinajstić information content (AvgIpc) is 2.05. The molecule has 1 aromatic rings. The van der Waals surface area contributed by atoms with Crippen LogP contribution < -0.4 is 0 Å². The first-order chi connectivity index (χ1) is 6.04. The van der Waals surface area contributed by atoms with Crippen LogP contribution in [0.4, 0.5) is 0 Å². The Bertz CT molecular complexity index is 276. The van der Waals surface area contributed by atoms with Crippen molar-refractivity contribution >= 4 is 11.6 Å². The molecule has 0 radical (unpaired) electrons. The Hall–Kier alpha value is -1.51. The zero-order chi connectivity index (χ0) is 10.3. The van der Waals surface area contributed by atoms with Gasteiger partial charge in [-0.05, 0) is 26.0 Å². The van der Waals surface area contributed by atoms with Crippen LogP contribution in [0, 0.1) is 0 Å². The lowest BCUT2D eigenvalue weighted by atomic mass is 10.3. The normalized spacial score (nSPS) is 8.23. The van der Waals surface area contributed by atoms with Gasteiger partial charge in [0.2, 0.25) is 0 Å². The lowest BCUT2D eigenvalue weighted by Gasteiger charge is -1.88. The molecule has 0 amide bonds. The molecule has 0 aliphatic heterocycles. The topological polar surface area (TPSA) is 47.0 Å². The van der Waals surface area contributed by atoms with E-state index < -0.39 is 0 Å². The minimum atomic E-state index is 0.00981. The largest absolute Gasteiger partial charge is 0.300 e. The number of nitrogens with zero attached hydrogens (tertiary/aromatic N) is 1. The summed E-state index contributed by atoms with van der Waals surface area (Å²) in [7, 11) is 0. The van der Waals surface area contributed by atoms with Gasteiger partial charge >= 0.3 is 0 Å². The van der Waals surface area contributed by atoms with Gasteiger partial charge in [0.1, 0.15) is 11.5 Å². The molecule has 0 N–H and O–H groups in total. The summed E-state index contributed by atoms with van der Waals surface area (Å²) in [6.07, 6.45) is 1.61. The van der Waals surface area contributed by atoms with E-state index in [4.69, 9.17) is 0 Å². The summed E-state index contributed by atoms with van der Waals surface area (Å²) >= 11 is 0. The second kappa shape index (κ2) is 6.06. The first-order valence-corrected chi connectivity index (χ1v) is 3.93. The molecule has 0 aliphatic rings. The van der Waals surface area contributed by atoms with Crippen LogP contribution >= 0.6 is 0 Å². The number of hydrogen-bond donors (Lipinski definition) is 0. The molecule has 70 valence electrons. The molecular weight excluding hydrogens is 166 g/mol. The van der Waals surface area contributed by atoms with Crippen molar-refractivity contribution in [1.29, 1.82) is 0 Å². The Morgan fingerprint density at radius 1 is 1.15 bits per heavy atom. The highest BCUT2D eigenvalue weighted by Gasteiger charge is 1.94. The van der Waals surface area contributed by atoms with Crippen molar-refractivity contribution in [3.05, 3.63) is 30.1 Å². The molecular formula is C10H13NO2. The van der Waals surface area contributed by atoms with E-state index in [1.807, 2.05) is 0 Å². The van der Waals surface area contributed by atoms with Crippen molar-refractivity contribution in [3.63, 3.8) is 0 Å². The molecule has 0 fully saturated rings. The van der Waals surface area contributed by atoms with Gasteiger partial charge in [-0.2, -0.15) is 0 Å². The van der Waals surface area contributed by atoms with Crippen molar-refractivity contribution in [1.82, 2.24) is 4.98 Å². The van der Waals surface area contributed by atoms with Crippen LogP contribution in [-0.2, 0) is 4.79 Å². The molecule has 1 aromatic heterocycles. The highest BCUT2D eigenvalue weighted by molar-refractivity contribution is 5.91. The summed E-state index contributed by atoms with van der Waals surface area (Å²) in [5.41, 5.74) is 0.525. The van der Waals surface area contributed by atoms with Crippen LogP contribution in [-0.4, -0.2) is 16.6 Å². The number of Topliss-reactive ketones (excluding diaryl/α,β-unsaturated/α-hetero) is 2. The summed E-state index contributed by atoms with van der Waals surface area (Å²) in [6, 6.07) is 5.28. The van der Waals surface area contributed by atoms with Crippen LogP contribution in [0.25, 0.3) is 0 Å². The van der Waals surface area contributed by atoms with Crippen LogP contribution in [0.1, 0.15) is 31.3 Å². The maximum absolute atomic E-state index is 10.6. The van der Waals surface area contributed by atoms with Gasteiger partial charge in [-0.3, -0.25) is 9.78 Å². The van der Waals surface area contributed by atoms with Gasteiger partial charge in [0.25, 0.3) is 0 Å². The Labute approximate surface area is 77.8 Å². The Morgan fingerprint density at radius 3 is 1.92 bits per heavy atom. The van der Waals surface area contributed by atoms with E-state index in [0.29, 0.717) is 5.69 Å². The van der Waals surface area contributed by atoms with Crippen LogP contribution in [0.5, 0.6) is 0 Å². The smallest absolute Gasteiger partial charge is 0.178 e. The molecule has 0 spiro atoms. The van der Waals surface area contributed by atoms with Gasteiger partial charge in [-0.15, -0.1) is 0 Å². The predicted molar refractivity (Wildman–Crippen MR) is 50.6 cm³/mol. The molecule has 0 unspecified atom stereocenters. The van der Waals surface area contributed by atoms with Crippen LogP contribution in [0.15, 0.2) is 24.4 Å². The highest BCUT2D eigenvalue weighted by atomic mass is 16.1. The number of pyridine rings is 1. The second-order valence-electron chi connectivity index (χ2n) is 2.68. The molecule has 3 heteroatoms. The Kier molecular flexibility index (Phi) is 5.35. The van der Waals surface area contributed by atoms with Crippen molar-refractivity contribution in [2.75, 3.05) is 0 Å². The molecule has 0 saturated carbocycles. The molecule has 13 heavy (non-hydrogen) atoms. The van der Waals surface area contributed by atoms with E-state index in [2.05, 4.69) is 4.98 Å². The lowest BCUT2D eigenvalue weighted by molar-refractivity contribution is -0.114. The van der Waals surface area contributed by atoms with Gasteiger partial charge in [0.05, 0.1) is 0 Å². The minimum Gasteiger partial charge on any atom is -0.300 e. The third-order valence-electron chi connectivity index (χ3n) is 1.03. The molecule has 0 aliphatic carbocycles. The predicted octanol–water partition coefficient (Wildman–Crippen LogP) is 1.88. The fraction of sp³-hybridized carbons (Fsp3) is 0.300. The van der Waals surface area contributed by atoms with Crippen molar-refractivity contribution in [2.24, 2.45) is 0 Å². The molecule has 0 aromatic carbocycles. The second-order valence-corrected chi connectivity index (χ2v) is 2.68.